The molecule has 0 spiro atoms. The number of rotatable bonds is 2. The van der Waals surface area contributed by atoms with Gasteiger partial charge in [0.1, 0.15) is 0 Å². The molecule has 8 N–H and O–H groups in total. The first kappa shape index (κ1) is 11.9. The van der Waals surface area contributed by atoms with Gasteiger partial charge in [-0.3, -0.25) is 0 Å². The fraction of sp³-hybridized carbons (Fsp3) is 0. The zero-order valence-corrected chi connectivity index (χ0v) is 9.98. The highest BCUT2D eigenvalue weighted by molar-refractivity contribution is 5.89. The van der Waals surface area contributed by atoms with Crippen molar-refractivity contribution >= 4 is 28.3 Å². The second-order valence-corrected chi connectivity index (χ2v) is 4.17. The predicted molar refractivity (Wildman–Crippen MR) is 78.7 cm³/mol. The molecule has 0 heterocycles. The van der Waals surface area contributed by atoms with Crippen molar-refractivity contribution in [3.63, 3.8) is 0 Å². The summed E-state index contributed by atoms with van der Waals surface area (Å²) in [6.45, 7) is 4.03. The maximum absolute atomic E-state index is 5.93. The molecule has 2 aromatic carbocycles. The molecule has 0 atom stereocenters. The van der Waals surface area contributed by atoms with Crippen LogP contribution in [0.25, 0.3) is 5.57 Å². The van der Waals surface area contributed by atoms with Crippen molar-refractivity contribution in [2.24, 2.45) is 0 Å². The van der Waals surface area contributed by atoms with Crippen LogP contribution < -0.4 is 22.9 Å². The van der Waals surface area contributed by atoms with Crippen LogP contribution in [0.5, 0.6) is 0 Å². The lowest BCUT2D eigenvalue weighted by Gasteiger charge is -2.12. The summed E-state index contributed by atoms with van der Waals surface area (Å²) < 4.78 is 0. The molecule has 0 saturated heterocycles. The van der Waals surface area contributed by atoms with E-state index in [9.17, 15) is 0 Å². The Balaban J connectivity index is 2.48. The van der Waals surface area contributed by atoms with Crippen LogP contribution in [0.15, 0.2) is 43.0 Å². The number of hydrogen-bond donors (Lipinski definition) is 4. The van der Waals surface area contributed by atoms with Gasteiger partial charge in [0.2, 0.25) is 0 Å². The molecule has 18 heavy (non-hydrogen) atoms. The standard InChI is InChI=1S/C14H16N4/c1-8(11-4-2-9(15)6-13(11)17)12-5-3-10(16)7-14(12)18/h2-7H,1,15-18H2. The fourth-order valence-corrected chi connectivity index (χ4v) is 1.86. The van der Waals surface area contributed by atoms with Crippen molar-refractivity contribution in [1.82, 2.24) is 0 Å². The minimum absolute atomic E-state index is 0.580. The summed E-state index contributed by atoms with van der Waals surface area (Å²) in [6, 6.07) is 10.6. The molecule has 92 valence electrons. The monoisotopic (exact) mass is 240 g/mol. The number of nitrogens with two attached hydrogens (primary N) is 4. The van der Waals surface area contributed by atoms with E-state index in [0.29, 0.717) is 22.7 Å². The van der Waals surface area contributed by atoms with E-state index < -0.39 is 0 Å². The summed E-state index contributed by atoms with van der Waals surface area (Å²) >= 11 is 0. The SMILES string of the molecule is C=C(c1ccc(N)cc1N)c1ccc(N)cc1N. The van der Waals surface area contributed by atoms with Crippen molar-refractivity contribution in [2.45, 2.75) is 0 Å². The lowest BCUT2D eigenvalue weighted by atomic mass is 9.96. The first-order valence-corrected chi connectivity index (χ1v) is 5.48. The highest BCUT2D eigenvalue weighted by Gasteiger charge is 2.09. The van der Waals surface area contributed by atoms with E-state index in [-0.39, 0.29) is 0 Å². The Morgan fingerprint density at radius 1 is 0.722 bits per heavy atom. The number of hydrogen-bond acceptors (Lipinski definition) is 4. The lowest BCUT2D eigenvalue weighted by Crippen LogP contribution is -2.00. The van der Waals surface area contributed by atoms with E-state index in [1.165, 1.54) is 0 Å². The largest absolute Gasteiger partial charge is 0.399 e. The molecule has 4 heteroatoms. The summed E-state index contributed by atoms with van der Waals surface area (Å²) in [5.74, 6) is 0. The fourth-order valence-electron chi connectivity index (χ4n) is 1.86. The van der Waals surface area contributed by atoms with Gasteiger partial charge in [-0.15, -0.1) is 0 Å². The van der Waals surface area contributed by atoms with Crippen LogP contribution in [0.1, 0.15) is 11.1 Å². The van der Waals surface area contributed by atoms with Gasteiger partial charge >= 0.3 is 0 Å². The number of benzene rings is 2. The van der Waals surface area contributed by atoms with E-state index in [2.05, 4.69) is 6.58 Å². The molecule has 0 saturated carbocycles. The van der Waals surface area contributed by atoms with Crippen LogP contribution in [-0.4, -0.2) is 0 Å². The third kappa shape index (κ3) is 2.08. The zero-order chi connectivity index (χ0) is 13.3. The van der Waals surface area contributed by atoms with Gasteiger partial charge in [0.25, 0.3) is 0 Å². The summed E-state index contributed by atoms with van der Waals surface area (Å²) in [5, 5.41) is 0. The van der Waals surface area contributed by atoms with E-state index >= 15 is 0 Å². The molecule has 0 aromatic heterocycles. The van der Waals surface area contributed by atoms with Crippen molar-refractivity contribution in [3.8, 4) is 0 Å². The first-order chi connectivity index (χ1) is 8.49. The Bertz CT molecular complexity index is 564. The number of nitrogen functional groups attached to an aromatic ring is 4. The maximum Gasteiger partial charge on any atom is 0.0414 e. The van der Waals surface area contributed by atoms with Crippen molar-refractivity contribution < 1.29 is 0 Å². The quantitative estimate of drug-likeness (QED) is 0.603. The van der Waals surface area contributed by atoms with Gasteiger partial charge in [-0.2, -0.15) is 0 Å². The van der Waals surface area contributed by atoms with Gasteiger partial charge < -0.3 is 22.9 Å². The highest BCUT2D eigenvalue weighted by Crippen LogP contribution is 2.31. The second-order valence-electron chi connectivity index (χ2n) is 4.17. The maximum atomic E-state index is 5.93. The molecule has 0 unspecified atom stereocenters. The van der Waals surface area contributed by atoms with Crippen molar-refractivity contribution in [1.29, 1.82) is 0 Å². The van der Waals surface area contributed by atoms with Gasteiger partial charge in [0.05, 0.1) is 0 Å². The molecule has 0 fully saturated rings. The van der Waals surface area contributed by atoms with Gasteiger partial charge in [0.15, 0.2) is 0 Å². The minimum Gasteiger partial charge on any atom is -0.399 e. The lowest BCUT2D eigenvalue weighted by molar-refractivity contribution is 1.54. The highest BCUT2D eigenvalue weighted by atomic mass is 14.6. The Hall–Kier alpha value is -2.62. The van der Waals surface area contributed by atoms with Gasteiger partial charge in [-0.05, 0) is 29.8 Å². The van der Waals surface area contributed by atoms with Gasteiger partial charge in [-0.25, -0.2) is 0 Å². The molecule has 0 radical (unpaired) electrons. The van der Waals surface area contributed by atoms with Gasteiger partial charge in [0, 0.05) is 33.9 Å². The zero-order valence-electron chi connectivity index (χ0n) is 9.98. The molecule has 0 aliphatic heterocycles. The van der Waals surface area contributed by atoms with Gasteiger partial charge in [-0.1, -0.05) is 18.7 Å². The van der Waals surface area contributed by atoms with E-state index in [4.69, 9.17) is 22.9 Å². The smallest absolute Gasteiger partial charge is 0.0414 e. The molecular formula is C14H16N4. The van der Waals surface area contributed by atoms with Crippen LogP contribution in [0.2, 0.25) is 0 Å². The molecule has 2 rings (SSSR count). The van der Waals surface area contributed by atoms with Crippen LogP contribution in [-0.2, 0) is 0 Å². The normalized spacial score (nSPS) is 10.2. The Labute approximate surface area is 106 Å². The molecule has 0 aliphatic carbocycles. The predicted octanol–water partition coefficient (Wildman–Crippen LogP) is 2.08. The molecular weight excluding hydrogens is 224 g/mol. The summed E-state index contributed by atoms with van der Waals surface area (Å²) in [7, 11) is 0. The van der Waals surface area contributed by atoms with Crippen LogP contribution in [0.4, 0.5) is 22.7 Å². The average molecular weight is 240 g/mol. The summed E-state index contributed by atoms with van der Waals surface area (Å²) in [5.41, 5.74) is 28.0. The Morgan fingerprint density at radius 2 is 1.11 bits per heavy atom. The molecule has 4 nitrogen and oxygen atoms in total. The van der Waals surface area contributed by atoms with E-state index in [1.54, 1.807) is 24.3 Å². The summed E-state index contributed by atoms with van der Waals surface area (Å²) in [6.07, 6.45) is 0. The van der Waals surface area contributed by atoms with Crippen LogP contribution >= 0.6 is 0 Å². The van der Waals surface area contributed by atoms with E-state index in [1.807, 2.05) is 12.1 Å². The molecule has 0 bridgehead atoms. The molecule has 0 aliphatic rings. The Morgan fingerprint density at radius 3 is 1.44 bits per heavy atom. The van der Waals surface area contributed by atoms with Crippen molar-refractivity contribution in [3.05, 3.63) is 54.1 Å². The summed E-state index contributed by atoms with van der Waals surface area (Å²) in [4.78, 5) is 0. The van der Waals surface area contributed by atoms with Crippen LogP contribution in [0.3, 0.4) is 0 Å². The number of anilines is 4. The van der Waals surface area contributed by atoms with Crippen molar-refractivity contribution in [2.75, 3.05) is 22.9 Å². The van der Waals surface area contributed by atoms with Crippen LogP contribution in [0, 0.1) is 0 Å². The first-order valence-electron chi connectivity index (χ1n) is 5.48. The third-order valence-electron chi connectivity index (χ3n) is 2.80. The average Bonchev–Trinajstić information content (AvgIpc) is 2.28. The Kier molecular flexibility index (Phi) is 2.85. The van der Waals surface area contributed by atoms with E-state index in [0.717, 1.165) is 16.7 Å². The second kappa shape index (κ2) is 4.33. The molecule has 0 amide bonds. The topological polar surface area (TPSA) is 104 Å². The molecule has 2 aromatic rings. The third-order valence-corrected chi connectivity index (χ3v) is 2.80. The minimum atomic E-state index is 0.580.